The summed E-state index contributed by atoms with van der Waals surface area (Å²) >= 11 is 14.3. The van der Waals surface area contributed by atoms with Gasteiger partial charge in [-0.25, -0.2) is 0 Å². The Morgan fingerprint density at radius 1 is 1.53 bits per heavy atom. The first kappa shape index (κ1) is 16.4. The summed E-state index contributed by atoms with van der Waals surface area (Å²) in [7, 11) is 0. The minimum absolute atomic E-state index is 0.0527. The third kappa shape index (κ3) is 4.75. The van der Waals surface area contributed by atoms with Gasteiger partial charge in [-0.1, -0.05) is 39.7 Å². The van der Waals surface area contributed by atoms with Crippen LogP contribution >= 0.6 is 39.7 Å². The molecule has 0 aliphatic rings. The minimum Gasteiger partial charge on any atom is -0.393 e. The lowest BCUT2D eigenvalue weighted by molar-refractivity contribution is 0.0712. The van der Waals surface area contributed by atoms with Crippen LogP contribution in [0.3, 0.4) is 0 Å². The van der Waals surface area contributed by atoms with Crippen LogP contribution in [-0.2, 0) is 0 Å². The van der Waals surface area contributed by atoms with E-state index in [1.807, 2.05) is 13.8 Å². The second-order valence-electron chi connectivity index (χ2n) is 4.43. The second kappa shape index (κ2) is 7.22. The van der Waals surface area contributed by atoms with E-state index in [0.29, 0.717) is 28.5 Å². The third-order valence-electron chi connectivity index (χ3n) is 2.64. The summed E-state index contributed by atoms with van der Waals surface area (Å²) in [6, 6.07) is 5.27. The monoisotopic (exact) mass is 362 g/mol. The number of carbonyl (C=O) groups excluding carboxylic acids is 1. The first-order chi connectivity index (χ1) is 8.82. The van der Waals surface area contributed by atoms with Gasteiger partial charge in [0.05, 0.1) is 15.6 Å². The molecular weight excluding hydrogens is 348 g/mol. The van der Waals surface area contributed by atoms with Crippen LogP contribution in [0.15, 0.2) is 22.7 Å². The number of benzene rings is 1. The predicted octanol–water partition coefficient (Wildman–Crippen LogP) is 3.63. The molecule has 0 saturated carbocycles. The molecule has 6 heteroatoms. The van der Waals surface area contributed by atoms with Crippen molar-refractivity contribution in [2.45, 2.75) is 26.3 Å². The van der Waals surface area contributed by atoms with Crippen molar-refractivity contribution in [3.05, 3.63) is 33.3 Å². The molecule has 104 valence electrons. The van der Waals surface area contributed by atoms with Crippen molar-refractivity contribution in [3.63, 3.8) is 0 Å². The van der Waals surface area contributed by atoms with E-state index in [9.17, 15) is 4.79 Å². The van der Waals surface area contributed by atoms with Gasteiger partial charge in [0.15, 0.2) is 0 Å². The van der Waals surface area contributed by atoms with Gasteiger partial charge >= 0.3 is 0 Å². The fourth-order valence-corrected chi connectivity index (χ4v) is 2.29. The molecule has 19 heavy (non-hydrogen) atoms. The molecule has 0 heterocycles. The van der Waals surface area contributed by atoms with E-state index in [2.05, 4.69) is 15.9 Å². The zero-order chi connectivity index (χ0) is 14.6. The van der Waals surface area contributed by atoms with Crippen LogP contribution in [0.5, 0.6) is 0 Å². The van der Waals surface area contributed by atoms with Crippen LogP contribution in [-0.4, -0.2) is 28.4 Å². The Hall–Kier alpha value is -0.650. The highest BCUT2D eigenvalue weighted by molar-refractivity contribution is 9.10. The first-order valence-corrected chi connectivity index (χ1v) is 7.45. The molecule has 1 amide bonds. The summed E-state index contributed by atoms with van der Waals surface area (Å²) in [5, 5.41) is 0.439. The molecule has 3 nitrogen and oxygen atoms in total. The number of carbonyl (C=O) groups is 1. The fourth-order valence-electron chi connectivity index (χ4n) is 1.64. The third-order valence-corrected chi connectivity index (χ3v) is 3.67. The lowest BCUT2D eigenvalue weighted by Gasteiger charge is -2.27. The predicted molar refractivity (Wildman–Crippen MR) is 86.7 cm³/mol. The lowest BCUT2D eigenvalue weighted by atomic mass is 10.1. The summed E-state index contributed by atoms with van der Waals surface area (Å²) in [6.07, 6.45) is 0.505. The number of nitrogens with two attached hydrogens (primary N) is 1. The van der Waals surface area contributed by atoms with Crippen molar-refractivity contribution < 1.29 is 4.79 Å². The Morgan fingerprint density at radius 3 is 2.68 bits per heavy atom. The molecule has 1 aromatic rings. The molecule has 0 aromatic heterocycles. The van der Waals surface area contributed by atoms with E-state index in [-0.39, 0.29) is 11.9 Å². The smallest absolute Gasteiger partial charge is 0.255 e. The zero-order valence-electron chi connectivity index (χ0n) is 10.8. The largest absolute Gasteiger partial charge is 0.393 e. The zero-order valence-corrected chi connectivity index (χ0v) is 14.0. The number of nitrogens with zero attached hydrogens (tertiary/aromatic N) is 1. The molecule has 0 unspecified atom stereocenters. The topological polar surface area (TPSA) is 46.3 Å². The van der Waals surface area contributed by atoms with Gasteiger partial charge < -0.3 is 10.6 Å². The second-order valence-corrected chi connectivity index (χ2v) is 6.28. The molecule has 0 saturated heterocycles. The number of hydrogen-bond acceptors (Lipinski definition) is 2. The molecule has 0 radical (unpaired) electrons. The van der Waals surface area contributed by atoms with Crippen molar-refractivity contribution in [1.82, 2.24) is 4.90 Å². The van der Waals surface area contributed by atoms with Crippen molar-refractivity contribution in [3.8, 4) is 0 Å². The van der Waals surface area contributed by atoms with Gasteiger partial charge in [0.1, 0.15) is 0 Å². The Labute approximate surface area is 132 Å². The van der Waals surface area contributed by atoms with Gasteiger partial charge in [-0.15, -0.1) is 0 Å². The first-order valence-electron chi connectivity index (χ1n) is 5.87. The normalized spacial score (nSPS) is 10.6. The molecule has 0 atom stereocenters. The molecule has 1 rings (SSSR count). The van der Waals surface area contributed by atoms with Crippen LogP contribution < -0.4 is 5.73 Å². The van der Waals surface area contributed by atoms with Crippen molar-refractivity contribution in [1.29, 1.82) is 0 Å². The average molecular weight is 364 g/mol. The van der Waals surface area contributed by atoms with Gasteiger partial charge in [0.25, 0.3) is 5.91 Å². The van der Waals surface area contributed by atoms with Crippen molar-refractivity contribution in [2.75, 3.05) is 6.54 Å². The van der Waals surface area contributed by atoms with Crippen LogP contribution in [0.1, 0.15) is 30.6 Å². The molecule has 0 fully saturated rings. The van der Waals surface area contributed by atoms with E-state index in [0.717, 1.165) is 4.47 Å². The van der Waals surface area contributed by atoms with Gasteiger partial charge in [0.2, 0.25) is 0 Å². The molecule has 0 aliphatic carbocycles. The number of thiocarbonyl (C=S) groups is 1. The van der Waals surface area contributed by atoms with E-state index >= 15 is 0 Å². The molecule has 0 bridgehead atoms. The van der Waals surface area contributed by atoms with Crippen LogP contribution in [0, 0.1) is 0 Å². The van der Waals surface area contributed by atoms with Gasteiger partial charge in [-0.2, -0.15) is 0 Å². The van der Waals surface area contributed by atoms with Crippen LogP contribution in [0.25, 0.3) is 0 Å². The van der Waals surface area contributed by atoms with Crippen LogP contribution in [0.2, 0.25) is 5.02 Å². The molecular formula is C13H16BrClN2OS. The quantitative estimate of drug-likeness (QED) is 0.813. The van der Waals surface area contributed by atoms with Gasteiger partial charge in [-0.05, 0) is 32.0 Å². The Kier molecular flexibility index (Phi) is 6.23. The van der Waals surface area contributed by atoms with E-state index < -0.39 is 0 Å². The summed E-state index contributed by atoms with van der Waals surface area (Å²) in [5.74, 6) is -0.113. The van der Waals surface area contributed by atoms with Crippen LogP contribution in [0.4, 0.5) is 0 Å². The summed E-state index contributed by atoms with van der Waals surface area (Å²) in [5.41, 5.74) is 5.97. The Morgan fingerprint density at radius 2 is 2.16 bits per heavy atom. The summed E-state index contributed by atoms with van der Waals surface area (Å²) in [4.78, 5) is 14.6. The maximum absolute atomic E-state index is 12.5. The number of halogens is 2. The maximum atomic E-state index is 12.5. The number of hydrogen-bond donors (Lipinski definition) is 1. The Bertz CT molecular complexity index is 494. The van der Waals surface area contributed by atoms with E-state index in [1.54, 1.807) is 23.1 Å². The number of rotatable bonds is 5. The number of amides is 1. The highest BCUT2D eigenvalue weighted by Gasteiger charge is 2.21. The van der Waals surface area contributed by atoms with Crippen molar-refractivity contribution in [2.24, 2.45) is 5.73 Å². The summed E-state index contributed by atoms with van der Waals surface area (Å²) in [6.45, 7) is 4.39. The highest BCUT2D eigenvalue weighted by atomic mass is 79.9. The SMILES string of the molecule is CC(C)N(CCC(N)=S)C(=O)c1cc(Br)ccc1Cl. The maximum Gasteiger partial charge on any atom is 0.255 e. The average Bonchev–Trinajstić information content (AvgIpc) is 2.31. The molecule has 1 aromatic carbocycles. The Balaban J connectivity index is 2.99. The van der Waals surface area contributed by atoms with Gasteiger partial charge in [-0.3, -0.25) is 4.79 Å². The molecule has 0 spiro atoms. The fraction of sp³-hybridized carbons (Fsp3) is 0.385. The summed E-state index contributed by atoms with van der Waals surface area (Å²) < 4.78 is 0.818. The highest BCUT2D eigenvalue weighted by Crippen LogP contribution is 2.23. The minimum atomic E-state index is -0.113. The van der Waals surface area contributed by atoms with E-state index in [4.69, 9.17) is 29.6 Å². The standard InChI is InChI=1S/C13H16BrClN2OS/c1-8(2)17(6-5-12(16)19)13(18)10-7-9(14)3-4-11(10)15/h3-4,7-8H,5-6H2,1-2H3,(H2,16,19). The van der Waals surface area contributed by atoms with Gasteiger partial charge in [0, 0.05) is 23.5 Å². The lowest BCUT2D eigenvalue weighted by Crippen LogP contribution is -2.39. The van der Waals surface area contributed by atoms with Crippen molar-refractivity contribution >= 4 is 50.6 Å². The molecule has 0 aliphatic heterocycles. The van der Waals surface area contributed by atoms with E-state index in [1.165, 1.54) is 0 Å². The molecule has 2 N–H and O–H groups in total.